The van der Waals surface area contributed by atoms with Crippen molar-refractivity contribution < 1.29 is 9.84 Å². The number of hydrogen-bond donors (Lipinski definition) is 2. The van der Waals surface area contributed by atoms with E-state index in [0.717, 1.165) is 18.0 Å². The minimum atomic E-state index is -0.0681. The van der Waals surface area contributed by atoms with Crippen molar-refractivity contribution in [1.82, 2.24) is 9.88 Å². The van der Waals surface area contributed by atoms with Crippen LogP contribution in [0.4, 0.5) is 5.13 Å². The molecule has 0 aromatic carbocycles. The van der Waals surface area contributed by atoms with Crippen molar-refractivity contribution in [1.29, 1.82) is 0 Å². The summed E-state index contributed by atoms with van der Waals surface area (Å²) in [5, 5.41) is 9.69. The van der Waals surface area contributed by atoms with Gasteiger partial charge in [0, 0.05) is 30.2 Å². The third-order valence-corrected chi connectivity index (χ3v) is 3.58. The molecule has 1 saturated heterocycles. The van der Waals surface area contributed by atoms with E-state index in [4.69, 9.17) is 15.6 Å². The predicted molar refractivity (Wildman–Crippen MR) is 70.5 cm³/mol. The molecule has 5 nitrogen and oxygen atoms in total. The van der Waals surface area contributed by atoms with Gasteiger partial charge in [-0.15, -0.1) is 23.7 Å². The van der Waals surface area contributed by atoms with E-state index in [-0.39, 0.29) is 25.1 Å². The number of thiazole rings is 1. The van der Waals surface area contributed by atoms with Gasteiger partial charge in [-0.25, -0.2) is 4.98 Å². The molecule has 0 bridgehead atoms. The number of halogens is 1. The van der Waals surface area contributed by atoms with E-state index in [0.29, 0.717) is 17.8 Å². The Hall–Kier alpha value is -0.400. The molecule has 17 heavy (non-hydrogen) atoms. The van der Waals surface area contributed by atoms with Crippen molar-refractivity contribution in [2.45, 2.75) is 25.6 Å². The molecule has 1 aromatic heterocycles. The van der Waals surface area contributed by atoms with Gasteiger partial charge in [-0.2, -0.15) is 0 Å². The van der Waals surface area contributed by atoms with Gasteiger partial charge in [0.15, 0.2) is 5.13 Å². The molecule has 98 valence electrons. The number of rotatable bonds is 3. The van der Waals surface area contributed by atoms with E-state index in [1.54, 1.807) is 0 Å². The Morgan fingerprint density at radius 1 is 1.71 bits per heavy atom. The van der Waals surface area contributed by atoms with Gasteiger partial charge in [-0.3, -0.25) is 4.90 Å². The summed E-state index contributed by atoms with van der Waals surface area (Å²) in [6, 6.07) is 0.367. The number of nitrogen functional groups attached to an aromatic ring is 1. The summed E-state index contributed by atoms with van der Waals surface area (Å²) in [7, 11) is 0. The fourth-order valence-electron chi connectivity index (χ4n) is 1.80. The van der Waals surface area contributed by atoms with Gasteiger partial charge in [0.05, 0.1) is 19.3 Å². The number of anilines is 1. The van der Waals surface area contributed by atoms with Crippen LogP contribution in [0.3, 0.4) is 0 Å². The molecule has 0 radical (unpaired) electrons. The Morgan fingerprint density at radius 2 is 2.47 bits per heavy atom. The average molecular weight is 280 g/mol. The van der Waals surface area contributed by atoms with Crippen LogP contribution in [0.1, 0.15) is 11.8 Å². The molecule has 0 saturated carbocycles. The highest BCUT2D eigenvalue weighted by Gasteiger charge is 2.25. The average Bonchev–Trinajstić information content (AvgIpc) is 2.67. The molecule has 0 amide bonds. The molecular formula is C10H18ClN3O2S. The maximum atomic E-state index is 9.08. The second-order valence-corrected chi connectivity index (χ2v) is 5.23. The molecule has 2 rings (SSSR count). The number of hydrogen-bond acceptors (Lipinski definition) is 6. The summed E-state index contributed by atoms with van der Waals surface area (Å²) in [5.41, 5.74) is 5.60. The summed E-state index contributed by atoms with van der Waals surface area (Å²) >= 11 is 1.51. The molecule has 1 fully saturated rings. The summed E-state index contributed by atoms with van der Waals surface area (Å²) < 4.78 is 5.48. The molecule has 7 heteroatoms. The number of aliphatic hydroxyl groups is 1. The number of aromatic nitrogens is 1. The first-order valence-corrected chi connectivity index (χ1v) is 6.17. The molecule has 0 spiro atoms. The van der Waals surface area contributed by atoms with Crippen LogP contribution in [-0.4, -0.2) is 46.9 Å². The minimum absolute atomic E-state index is 0. The zero-order valence-electron chi connectivity index (χ0n) is 9.70. The monoisotopic (exact) mass is 279 g/mol. The van der Waals surface area contributed by atoms with Gasteiger partial charge in [0.1, 0.15) is 0 Å². The lowest BCUT2D eigenvalue weighted by Gasteiger charge is -2.37. The third kappa shape index (κ3) is 3.79. The summed E-state index contributed by atoms with van der Waals surface area (Å²) in [6.45, 7) is 4.46. The largest absolute Gasteiger partial charge is 0.394 e. The van der Waals surface area contributed by atoms with Crippen LogP contribution in [0.2, 0.25) is 0 Å². The Bertz CT molecular complexity index is 350. The Labute approximate surface area is 111 Å². The normalized spacial score (nSPS) is 25.5. The Morgan fingerprint density at radius 3 is 3.06 bits per heavy atom. The van der Waals surface area contributed by atoms with E-state index in [2.05, 4.69) is 16.8 Å². The number of nitrogens with zero attached hydrogens (tertiary/aromatic N) is 2. The molecule has 2 atom stereocenters. The van der Waals surface area contributed by atoms with Gasteiger partial charge >= 0.3 is 0 Å². The molecular weight excluding hydrogens is 262 g/mol. The first-order valence-electron chi connectivity index (χ1n) is 5.35. The van der Waals surface area contributed by atoms with Crippen molar-refractivity contribution in [3.63, 3.8) is 0 Å². The van der Waals surface area contributed by atoms with Gasteiger partial charge in [0.2, 0.25) is 0 Å². The van der Waals surface area contributed by atoms with Crippen LogP contribution in [0.25, 0.3) is 0 Å². The van der Waals surface area contributed by atoms with Crippen LogP contribution in [-0.2, 0) is 11.3 Å². The van der Waals surface area contributed by atoms with Crippen molar-refractivity contribution in [2.75, 3.05) is 25.5 Å². The topological polar surface area (TPSA) is 71.6 Å². The zero-order valence-corrected chi connectivity index (χ0v) is 11.3. The standard InChI is InChI=1S/C10H17N3O2S.ClH/c1-7-6-15-8(5-14)3-13(7)4-9-2-12-10(11)16-9;/h2,7-8,14H,3-6H2,1H3,(H2,11,12);1H. The second-order valence-electron chi connectivity index (χ2n) is 4.08. The second kappa shape index (κ2) is 6.51. The number of morpholine rings is 1. The lowest BCUT2D eigenvalue weighted by Crippen LogP contribution is -2.48. The highest BCUT2D eigenvalue weighted by Crippen LogP contribution is 2.20. The molecule has 3 N–H and O–H groups in total. The third-order valence-electron chi connectivity index (χ3n) is 2.77. The fraction of sp³-hybridized carbons (Fsp3) is 0.700. The number of nitrogens with two attached hydrogens (primary N) is 1. The fourth-order valence-corrected chi connectivity index (χ4v) is 2.51. The first kappa shape index (κ1) is 14.7. The van der Waals surface area contributed by atoms with Crippen LogP contribution < -0.4 is 5.73 Å². The smallest absolute Gasteiger partial charge is 0.180 e. The van der Waals surface area contributed by atoms with Gasteiger partial charge in [0.25, 0.3) is 0 Å². The highest BCUT2D eigenvalue weighted by atomic mass is 35.5. The lowest BCUT2D eigenvalue weighted by atomic mass is 10.2. The van der Waals surface area contributed by atoms with Crippen LogP contribution >= 0.6 is 23.7 Å². The summed E-state index contributed by atoms with van der Waals surface area (Å²) in [6.07, 6.45) is 1.75. The highest BCUT2D eigenvalue weighted by molar-refractivity contribution is 7.15. The van der Waals surface area contributed by atoms with Crippen molar-refractivity contribution in [2.24, 2.45) is 0 Å². The van der Waals surface area contributed by atoms with E-state index in [9.17, 15) is 0 Å². The van der Waals surface area contributed by atoms with Crippen LogP contribution in [0.5, 0.6) is 0 Å². The molecule has 1 aliphatic rings. The zero-order chi connectivity index (χ0) is 11.5. The van der Waals surface area contributed by atoms with Crippen molar-refractivity contribution >= 4 is 28.9 Å². The molecule has 2 unspecified atom stereocenters. The molecule has 0 aliphatic carbocycles. The molecule has 1 aliphatic heterocycles. The maximum absolute atomic E-state index is 9.08. The SMILES string of the molecule is CC1COC(CO)CN1Cc1cnc(N)s1.Cl. The summed E-state index contributed by atoms with van der Waals surface area (Å²) in [5.74, 6) is 0. The quantitative estimate of drug-likeness (QED) is 0.853. The van der Waals surface area contributed by atoms with E-state index >= 15 is 0 Å². The Kier molecular flexibility index (Phi) is 5.61. The first-order chi connectivity index (χ1) is 7.69. The Balaban J connectivity index is 0.00000144. The number of ether oxygens (including phenoxy) is 1. The molecule has 1 aromatic rings. The summed E-state index contributed by atoms with van der Waals surface area (Å²) in [4.78, 5) is 7.48. The van der Waals surface area contributed by atoms with Crippen molar-refractivity contribution in [3.8, 4) is 0 Å². The maximum Gasteiger partial charge on any atom is 0.180 e. The van der Waals surface area contributed by atoms with Gasteiger partial charge in [-0.1, -0.05) is 0 Å². The number of aliphatic hydroxyl groups excluding tert-OH is 1. The lowest BCUT2D eigenvalue weighted by molar-refractivity contribution is -0.0803. The van der Waals surface area contributed by atoms with Crippen molar-refractivity contribution in [3.05, 3.63) is 11.1 Å². The molecule has 2 heterocycles. The van der Waals surface area contributed by atoms with E-state index in [1.165, 1.54) is 11.3 Å². The minimum Gasteiger partial charge on any atom is -0.394 e. The predicted octanol–water partition coefficient (Wildman–Crippen LogP) is 0.729. The van der Waals surface area contributed by atoms with Gasteiger partial charge in [-0.05, 0) is 6.92 Å². The van der Waals surface area contributed by atoms with Gasteiger partial charge < -0.3 is 15.6 Å². The van der Waals surface area contributed by atoms with Crippen LogP contribution in [0, 0.1) is 0 Å². The van der Waals surface area contributed by atoms with E-state index < -0.39 is 0 Å². The van der Waals surface area contributed by atoms with E-state index in [1.807, 2.05) is 6.20 Å². The van der Waals surface area contributed by atoms with Crippen LogP contribution in [0.15, 0.2) is 6.20 Å².